The molecule has 0 radical (unpaired) electrons. The fourth-order valence-corrected chi connectivity index (χ4v) is 2.55. The third-order valence-electron chi connectivity index (χ3n) is 3.70. The molecule has 1 aliphatic heterocycles. The Labute approximate surface area is 108 Å². The molecule has 3 heteroatoms. The summed E-state index contributed by atoms with van der Waals surface area (Å²) in [5.74, 6) is 0.0487. The fourth-order valence-electron chi connectivity index (χ4n) is 2.55. The minimum absolute atomic E-state index is 0.0365. The first-order chi connectivity index (χ1) is 8.59. The van der Waals surface area contributed by atoms with Crippen molar-refractivity contribution >= 4 is 5.91 Å². The first kappa shape index (κ1) is 12.9. The summed E-state index contributed by atoms with van der Waals surface area (Å²) in [6.07, 6.45) is 4.49. The molecule has 1 N–H and O–H groups in total. The highest BCUT2D eigenvalue weighted by atomic mass is 16.3. The maximum atomic E-state index is 12.5. The van der Waals surface area contributed by atoms with Crippen LogP contribution in [-0.4, -0.2) is 28.5 Å². The second kappa shape index (κ2) is 5.42. The average molecular weight is 247 g/mol. The Morgan fingerprint density at radius 2 is 2.11 bits per heavy atom. The number of aryl methyl sites for hydroxylation is 1. The van der Waals surface area contributed by atoms with Gasteiger partial charge in [0.05, 0.1) is 5.56 Å². The molecule has 1 aromatic carbocycles. The molecule has 18 heavy (non-hydrogen) atoms. The molecule has 0 aromatic heterocycles. The lowest BCUT2D eigenvalue weighted by Gasteiger charge is -2.27. The van der Waals surface area contributed by atoms with E-state index in [4.69, 9.17) is 0 Å². The minimum Gasteiger partial charge on any atom is -0.507 e. The van der Waals surface area contributed by atoms with E-state index < -0.39 is 0 Å². The molecule has 1 unspecified atom stereocenters. The summed E-state index contributed by atoms with van der Waals surface area (Å²) in [4.78, 5) is 14.4. The second-order valence-electron chi connectivity index (χ2n) is 5.22. The van der Waals surface area contributed by atoms with Crippen LogP contribution in [0.25, 0.3) is 0 Å². The first-order valence-corrected chi connectivity index (χ1v) is 6.70. The van der Waals surface area contributed by atoms with E-state index in [-0.39, 0.29) is 17.7 Å². The Morgan fingerprint density at radius 3 is 2.89 bits per heavy atom. The highest BCUT2D eigenvalue weighted by molar-refractivity contribution is 5.97. The van der Waals surface area contributed by atoms with Crippen LogP contribution in [0.4, 0.5) is 0 Å². The first-order valence-electron chi connectivity index (χ1n) is 6.70. The number of hydrogen-bond acceptors (Lipinski definition) is 2. The maximum absolute atomic E-state index is 12.5. The standard InChI is InChI=1S/C15H21NO2/c1-11-7-8-14(17)13(10-11)15(18)16-9-5-3-4-6-12(16)2/h7-8,10,12,17H,3-6,9H2,1-2H3. The van der Waals surface area contributed by atoms with Gasteiger partial charge in [0, 0.05) is 12.6 Å². The Kier molecular flexibility index (Phi) is 3.90. The van der Waals surface area contributed by atoms with Crippen molar-refractivity contribution < 1.29 is 9.90 Å². The highest BCUT2D eigenvalue weighted by Crippen LogP contribution is 2.24. The molecule has 1 aromatic rings. The molecular weight excluding hydrogens is 226 g/mol. The number of carbonyl (C=O) groups excluding carboxylic acids is 1. The van der Waals surface area contributed by atoms with E-state index in [0.29, 0.717) is 5.56 Å². The van der Waals surface area contributed by atoms with Crippen molar-refractivity contribution in [3.05, 3.63) is 29.3 Å². The van der Waals surface area contributed by atoms with E-state index >= 15 is 0 Å². The maximum Gasteiger partial charge on any atom is 0.257 e. The zero-order valence-electron chi connectivity index (χ0n) is 11.1. The van der Waals surface area contributed by atoms with Crippen LogP contribution in [0.5, 0.6) is 5.75 Å². The second-order valence-corrected chi connectivity index (χ2v) is 5.22. The lowest BCUT2D eigenvalue weighted by atomic mass is 10.1. The molecule has 0 bridgehead atoms. The van der Waals surface area contributed by atoms with Crippen LogP contribution in [-0.2, 0) is 0 Å². The van der Waals surface area contributed by atoms with Crippen LogP contribution in [0, 0.1) is 6.92 Å². The predicted octanol–water partition coefficient (Wildman–Crippen LogP) is 3.11. The summed E-state index contributed by atoms with van der Waals surface area (Å²) in [5.41, 5.74) is 1.43. The summed E-state index contributed by atoms with van der Waals surface area (Å²) < 4.78 is 0. The van der Waals surface area contributed by atoms with E-state index in [2.05, 4.69) is 6.92 Å². The zero-order chi connectivity index (χ0) is 13.1. The Hall–Kier alpha value is -1.51. The number of phenols is 1. The van der Waals surface area contributed by atoms with Gasteiger partial charge in [-0.25, -0.2) is 0 Å². The van der Waals surface area contributed by atoms with Crippen LogP contribution in [0.1, 0.15) is 48.5 Å². The van der Waals surface area contributed by atoms with Crippen molar-refractivity contribution in [2.75, 3.05) is 6.54 Å². The molecule has 1 fully saturated rings. The molecule has 2 rings (SSSR count). The zero-order valence-corrected chi connectivity index (χ0v) is 11.1. The van der Waals surface area contributed by atoms with Gasteiger partial charge in [0.2, 0.25) is 0 Å². The predicted molar refractivity (Wildman–Crippen MR) is 71.8 cm³/mol. The lowest BCUT2D eigenvalue weighted by molar-refractivity contribution is 0.0694. The summed E-state index contributed by atoms with van der Waals surface area (Å²) in [6.45, 7) is 4.82. The van der Waals surface area contributed by atoms with E-state index in [0.717, 1.165) is 24.9 Å². The molecule has 98 valence electrons. The highest BCUT2D eigenvalue weighted by Gasteiger charge is 2.24. The Bertz CT molecular complexity index is 442. The van der Waals surface area contributed by atoms with Gasteiger partial charge in [-0.15, -0.1) is 0 Å². The minimum atomic E-state index is -0.0365. The molecule has 0 spiro atoms. The number of phenolic OH excluding ortho intramolecular Hbond substituents is 1. The monoisotopic (exact) mass is 247 g/mol. The molecule has 0 aliphatic carbocycles. The molecular formula is C15H21NO2. The summed E-state index contributed by atoms with van der Waals surface area (Å²) in [5, 5.41) is 9.85. The van der Waals surface area contributed by atoms with Crippen molar-refractivity contribution in [3.63, 3.8) is 0 Å². The molecule has 3 nitrogen and oxygen atoms in total. The number of likely N-dealkylation sites (tertiary alicyclic amines) is 1. The van der Waals surface area contributed by atoms with E-state index in [1.807, 2.05) is 17.9 Å². The Morgan fingerprint density at radius 1 is 1.33 bits per heavy atom. The third kappa shape index (κ3) is 2.66. The number of carbonyl (C=O) groups is 1. The number of aromatic hydroxyl groups is 1. The van der Waals surface area contributed by atoms with Gasteiger partial charge >= 0.3 is 0 Å². The van der Waals surface area contributed by atoms with Crippen LogP contribution in [0.15, 0.2) is 18.2 Å². The van der Waals surface area contributed by atoms with E-state index in [1.165, 1.54) is 12.8 Å². The SMILES string of the molecule is Cc1ccc(O)c(C(=O)N2CCCCCC2C)c1. The van der Waals surface area contributed by atoms with Crippen molar-refractivity contribution in [1.82, 2.24) is 4.90 Å². The molecule has 1 heterocycles. The van der Waals surface area contributed by atoms with Gasteiger partial charge in [-0.05, 0) is 38.8 Å². The van der Waals surface area contributed by atoms with Crippen LogP contribution in [0.2, 0.25) is 0 Å². The quantitative estimate of drug-likeness (QED) is 0.828. The van der Waals surface area contributed by atoms with Crippen LogP contribution in [0.3, 0.4) is 0 Å². The fraction of sp³-hybridized carbons (Fsp3) is 0.533. The molecule has 1 saturated heterocycles. The van der Waals surface area contributed by atoms with Gasteiger partial charge in [0.1, 0.15) is 5.75 Å². The van der Waals surface area contributed by atoms with Gasteiger partial charge in [0.15, 0.2) is 0 Å². The van der Waals surface area contributed by atoms with E-state index in [9.17, 15) is 9.90 Å². The van der Waals surface area contributed by atoms with Crippen molar-refractivity contribution in [3.8, 4) is 5.75 Å². The number of rotatable bonds is 1. The lowest BCUT2D eigenvalue weighted by Crippen LogP contribution is -2.38. The summed E-state index contributed by atoms with van der Waals surface area (Å²) >= 11 is 0. The van der Waals surface area contributed by atoms with Crippen LogP contribution < -0.4 is 0 Å². The average Bonchev–Trinajstić information content (AvgIpc) is 2.56. The van der Waals surface area contributed by atoms with Crippen molar-refractivity contribution in [1.29, 1.82) is 0 Å². The van der Waals surface area contributed by atoms with Gasteiger partial charge in [-0.1, -0.05) is 24.5 Å². The topological polar surface area (TPSA) is 40.5 Å². The summed E-state index contributed by atoms with van der Waals surface area (Å²) in [6, 6.07) is 5.46. The number of amides is 1. The normalized spacial score (nSPS) is 20.6. The Balaban J connectivity index is 2.26. The molecule has 1 amide bonds. The molecule has 1 atom stereocenters. The van der Waals surface area contributed by atoms with Crippen molar-refractivity contribution in [2.45, 2.75) is 45.6 Å². The third-order valence-corrected chi connectivity index (χ3v) is 3.70. The number of hydrogen-bond donors (Lipinski definition) is 1. The molecule has 0 saturated carbocycles. The van der Waals surface area contributed by atoms with Crippen LogP contribution >= 0.6 is 0 Å². The van der Waals surface area contributed by atoms with Gasteiger partial charge in [-0.3, -0.25) is 4.79 Å². The molecule has 1 aliphatic rings. The summed E-state index contributed by atoms with van der Waals surface area (Å²) in [7, 11) is 0. The number of nitrogens with zero attached hydrogens (tertiary/aromatic N) is 1. The van der Waals surface area contributed by atoms with Gasteiger partial charge < -0.3 is 10.0 Å². The smallest absolute Gasteiger partial charge is 0.257 e. The van der Waals surface area contributed by atoms with E-state index in [1.54, 1.807) is 12.1 Å². The van der Waals surface area contributed by atoms with Crippen molar-refractivity contribution in [2.24, 2.45) is 0 Å². The van der Waals surface area contributed by atoms with Gasteiger partial charge in [0.25, 0.3) is 5.91 Å². The number of benzene rings is 1. The van der Waals surface area contributed by atoms with Gasteiger partial charge in [-0.2, -0.15) is 0 Å². The largest absolute Gasteiger partial charge is 0.507 e.